The molecule has 2 aromatic rings. The van der Waals surface area contributed by atoms with E-state index in [1.165, 1.54) is 6.08 Å². The van der Waals surface area contributed by atoms with Gasteiger partial charge in [0.05, 0.1) is 0 Å². The van der Waals surface area contributed by atoms with Crippen molar-refractivity contribution in [2.45, 2.75) is 18.9 Å². The van der Waals surface area contributed by atoms with E-state index in [4.69, 9.17) is 23.2 Å². The van der Waals surface area contributed by atoms with Crippen molar-refractivity contribution < 1.29 is 9.59 Å². The third kappa shape index (κ3) is 4.45. The first-order valence-corrected chi connectivity index (χ1v) is 9.10. The highest BCUT2D eigenvalue weighted by atomic mass is 35.5. The maximum Gasteiger partial charge on any atom is 0.247 e. The summed E-state index contributed by atoms with van der Waals surface area (Å²) in [6, 6.07) is 13.8. The molecule has 134 valence electrons. The predicted molar refractivity (Wildman–Crippen MR) is 105 cm³/mol. The molecule has 1 saturated heterocycles. The summed E-state index contributed by atoms with van der Waals surface area (Å²) in [5, 5.41) is 3.88. The van der Waals surface area contributed by atoms with Gasteiger partial charge in [-0.05, 0) is 48.7 Å². The number of benzene rings is 2. The van der Waals surface area contributed by atoms with Crippen LogP contribution in [0.5, 0.6) is 0 Å². The lowest BCUT2D eigenvalue weighted by atomic mass is 10.2. The third-order valence-corrected chi connectivity index (χ3v) is 4.81. The van der Waals surface area contributed by atoms with E-state index >= 15 is 0 Å². The lowest BCUT2D eigenvalue weighted by Crippen LogP contribution is -2.42. The molecule has 1 atom stereocenters. The van der Waals surface area contributed by atoms with Gasteiger partial charge in [-0.1, -0.05) is 47.5 Å². The van der Waals surface area contributed by atoms with Crippen LogP contribution in [0.2, 0.25) is 10.0 Å². The van der Waals surface area contributed by atoms with Gasteiger partial charge in [-0.2, -0.15) is 0 Å². The molecule has 3 rings (SSSR count). The van der Waals surface area contributed by atoms with Gasteiger partial charge in [0.1, 0.15) is 6.04 Å². The second-order valence-corrected chi connectivity index (χ2v) is 6.89. The van der Waals surface area contributed by atoms with Crippen molar-refractivity contribution in [3.63, 3.8) is 0 Å². The zero-order valence-electron chi connectivity index (χ0n) is 14.0. The Balaban J connectivity index is 1.68. The van der Waals surface area contributed by atoms with Crippen molar-refractivity contribution in [2.75, 3.05) is 11.9 Å². The zero-order chi connectivity index (χ0) is 18.5. The summed E-state index contributed by atoms with van der Waals surface area (Å²) in [4.78, 5) is 26.7. The minimum atomic E-state index is -0.465. The number of anilines is 1. The molecule has 0 aromatic heterocycles. The van der Waals surface area contributed by atoms with Gasteiger partial charge in [0.25, 0.3) is 0 Å². The van der Waals surface area contributed by atoms with Crippen molar-refractivity contribution in [3.8, 4) is 0 Å². The first-order chi connectivity index (χ1) is 12.5. The first-order valence-electron chi connectivity index (χ1n) is 8.34. The molecule has 1 heterocycles. The molecular weight excluding hydrogens is 371 g/mol. The van der Waals surface area contributed by atoms with Crippen LogP contribution in [0.4, 0.5) is 5.69 Å². The molecule has 1 aliphatic heterocycles. The minimum absolute atomic E-state index is 0.167. The lowest BCUT2D eigenvalue weighted by molar-refractivity contribution is -0.132. The van der Waals surface area contributed by atoms with Gasteiger partial charge in [0.15, 0.2) is 0 Å². The van der Waals surface area contributed by atoms with Crippen LogP contribution in [0.15, 0.2) is 54.6 Å². The standard InChI is InChI=1S/C20H18Cl2N2O2/c21-15-10-8-14(17(22)13-15)9-11-19(25)24-12-4-7-18(24)20(26)23-16-5-2-1-3-6-16/h1-3,5-6,8-11,13,18H,4,7,12H2,(H,23,26). The highest BCUT2D eigenvalue weighted by molar-refractivity contribution is 6.35. The molecule has 0 saturated carbocycles. The van der Waals surface area contributed by atoms with Crippen molar-refractivity contribution in [1.29, 1.82) is 0 Å². The summed E-state index contributed by atoms with van der Waals surface area (Å²) in [5.74, 6) is -0.373. The van der Waals surface area contributed by atoms with Crippen molar-refractivity contribution in [3.05, 3.63) is 70.2 Å². The molecule has 26 heavy (non-hydrogen) atoms. The van der Waals surface area contributed by atoms with Gasteiger partial charge < -0.3 is 10.2 Å². The predicted octanol–water partition coefficient (Wildman–Crippen LogP) is 4.64. The average molecular weight is 389 g/mol. The third-order valence-electron chi connectivity index (χ3n) is 4.25. The second kappa shape index (κ2) is 8.39. The number of hydrogen-bond acceptors (Lipinski definition) is 2. The Morgan fingerprint density at radius 1 is 1.12 bits per heavy atom. The van der Waals surface area contributed by atoms with E-state index in [0.29, 0.717) is 28.6 Å². The lowest BCUT2D eigenvalue weighted by Gasteiger charge is -2.22. The molecule has 2 amide bonds. The zero-order valence-corrected chi connectivity index (χ0v) is 15.5. The number of carbonyl (C=O) groups is 2. The molecule has 0 spiro atoms. The Bertz CT molecular complexity index is 837. The fourth-order valence-corrected chi connectivity index (χ4v) is 3.42. The number of carbonyl (C=O) groups excluding carboxylic acids is 2. The number of amides is 2. The molecule has 0 radical (unpaired) electrons. The monoisotopic (exact) mass is 388 g/mol. The Labute approximate surface area is 162 Å². The molecule has 4 nitrogen and oxygen atoms in total. The van der Waals surface area contributed by atoms with Gasteiger partial charge in [0.2, 0.25) is 11.8 Å². The Morgan fingerprint density at radius 3 is 2.62 bits per heavy atom. The van der Waals surface area contributed by atoms with E-state index in [-0.39, 0.29) is 11.8 Å². The number of hydrogen-bond donors (Lipinski definition) is 1. The summed E-state index contributed by atoms with van der Waals surface area (Å²) in [7, 11) is 0. The maximum absolute atomic E-state index is 12.6. The van der Waals surface area contributed by atoms with Crippen LogP contribution < -0.4 is 5.32 Å². The van der Waals surface area contributed by atoms with Crippen LogP contribution >= 0.6 is 23.2 Å². The molecule has 1 fully saturated rings. The summed E-state index contributed by atoms with van der Waals surface area (Å²) in [6.45, 7) is 0.560. The fraction of sp³-hybridized carbons (Fsp3) is 0.200. The van der Waals surface area contributed by atoms with E-state index in [0.717, 1.165) is 12.1 Å². The van der Waals surface area contributed by atoms with E-state index in [1.54, 1.807) is 29.2 Å². The van der Waals surface area contributed by atoms with E-state index in [9.17, 15) is 9.59 Å². The first kappa shape index (κ1) is 18.5. The Kier molecular flexibility index (Phi) is 5.96. The molecule has 1 N–H and O–H groups in total. The maximum atomic E-state index is 12.6. The van der Waals surface area contributed by atoms with E-state index < -0.39 is 6.04 Å². The molecular formula is C20H18Cl2N2O2. The van der Waals surface area contributed by atoms with Gasteiger partial charge >= 0.3 is 0 Å². The van der Waals surface area contributed by atoms with Crippen LogP contribution in [0.25, 0.3) is 6.08 Å². The summed E-state index contributed by atoms with van der Waals surface area (Å²) in [6.07, 6.45) is 4.54. The van der Waals surface area contributed by atoms with Crippen LogP contribution in [-0.2, 0) is 9.59 Å². The fourth-order valence-electron chi connectivity index (χ4n) is 2.94. The highest BCUT2D eigenvalue weighted by Crippen LogP contribution is 2.23. The van der Waals surface area contributed by atoms with Crippen LogP contribution in [0.1, 0.15) is 18.4 Å². The SMILES string of the molecule is O=C(Nc1ccccc1)C1CCCN1C(=O)C=Cc1ccc(Cl)cc1Cl. The number of nitrogens with zero attached hydrogens (tertiary/aromatic N) is 1. The average Bonchev–Trinajstić information content (AvgIpc) is 3.11. The number of halogens is 2. The smallest absolute Gasteiger partial charge is 0.247 e. The highest BCUT2D eigenvalue weighted by Gasteiger charge is 2.33. The number of nitrogens with one attached hydrogen (secondary N) is 1. The van der Waals surface area contributed by atoms with Crippen molar-refractivity contribution >= 4 is 46.8 Å². The number of rotatable bonds is 4. The summed E-state index contributed by atoms with van der Waals surface area (Å²) < 4.78 is 0. The molecule has 6 heteroatoms. The molecule has 0 bridgehead atoms. The summed E-state index contributed by atoms with van der Waals surface area (Å²) >= 11 is 12.0. The van der Waals surface area contributed by atoms with Crippen molar-refractivity contribution in [1.82, 2.24) is 4.90 Å². The number of likely N-dealkylation sites (tertiary alicyclic amines) is 1. The topological polar surface area (TPSA) is 49.4 Å². The molecule has 1 unspecified atom stereocenters. The van der Waals surface area contributed by atoms with Crippen molar-refractivity contribution in [2.24, 2.45) is 0 Å². The van der Waals surface area contributed by atoms with Crippen LogP contribution in [-0.4, -0.2) is 29.3 Å². The molecule has 2 aromatic carbocycles. The van der Waals surface area contributed by atoms with E-state index in [1.807, 2.05) is 30.3 Å². The summed E-state index contributed by atoms with van der Waals surface area (Å²) in [5.41, 5.74) is 1.43. The van der Waals surface area contributed by atoms with Gasteiger partial charge in [0, 0.05) is 28.4 Å². The van der Waals surface area contributed by atoms with Gasteiger partial charge in [-0.25, -0.2) is 0 Å². The quantitative estimate of drug-likeness (QED) is 0.775. The molecule has 1 aliphatic rings. The minimum Gasteiger partial charge on any atom is -0.327 e. The number of para-hydroxylation sites is 1. The van der Waals surface area contributed by atoms with Crippen LogP contribution in [0, 0.1) is 0 Å². The largest absolute Gasteiger partial charge is 0.327 e. The normalized spacial score (nSPS) is 16.8. The van der Waals surface area contributed by atoms with Crippen LogP contribution in [0.3, 0.4) is 0 Å². The van der Waals surface area contributed by atoms with Gasteiger partial charge in [-0.3, -0.25) is 9.59 Å². The molecule has 0 aliphatic carbocycles. The Morgan fingerprint density at radius 2 is 1.88 bits per heavy atom. The Hall–Kier alpha value is -2.30. The van der Waals surface area contributed by atoms with E-state index in [2.05, 4.69) is 5.32 Å². The van der Waals surface area contributed by atoms with Gasteiger partial charge in [-0.15, -0.1) is 0 Å². The second-order valence-electron chi connectivity index (χ2n) is 6.04.